The summed E-state index contributed by atoms with van der Waals surface area (Å²) in [6.45, 7) is 1.88. The molecule has 1 fully saturated rings. The molecule has 9 heteroatoms. The predicted octanol–water partition coefficient (Wildman–Crippen LogP) is 1.83. The van der Waals surface area contributed by atoms with Gasteiger partial charge in [-0.05, 0) is 37.1 Å². The Bertz CT molecular complexity index is 751. The average molecular weight is 378 g/mol. The average Bonchev–Trinajstić information content (AvgIpc) is 3.20. The van der Waals surface area contributed by atoms with Gasteiger partial charge in [0.1, 0.15) is 5.75 Å². The second-order valence-corrected chi connectivity index (χ2v) is 6.19. The summed E-state index contributed by atoms with van der Waals surface area (Å²) in [7, 11) is 1.51. The zero-order valence-corrected chi connectivity index (χ0v) is 15.2. The molecule has 1 aliphatic heterocycles. The lowest BCUT2D eigenvalue weighted by molar-refractivity contribution is -0.123. The van der Waals surface area contributed by atoms with Crippen LogP contribution < -0.4 is 19.7 Å². The number of ether oxygens (including phenoxy) is 2. The lowest BCUT2D eigenvalue weighted by Crippen LogP contribution is -2.30. The number of carbonyl (C=O) groups is 1. The van der Waals surface area contributed by atoms with E-state index in [4.69, 9.17) is 21.1 Å². The predicted molar refractivity (Wildman–Crippen MR) is 96.6 cm³/mol. The van der Waals surface area contributed by atoms with E-state index in [1.165, 1.54) is 7.11 Å². The van der Waals surface area contributed by atoms with Crippen molar-refractivity contribution in [2.45, 2.75) is 19.4 Å². The van der Waals surface area contributed by atoms with Crippen molar-refractivity contribution in [3.05, 3.63) is 35.1 Å². The smallest absolute Gasteiger partial charge is 0.321 e. The summed E-state index contributed by atoms with van der Waals surface area (Å²) in [5.74, 6) is 1.32. The van der Waals surface area contributed by atoms with Gasteiger partial charge >= 0.3 is 6.01 Å². The summed E-state index contributed by atoms with van der Waals surface area (Å²) in [5, 5.41) is 3.34. The van der Waals surface area contributed by atoms with Crippen LogP contribution >= 0.6 is 11.6 Å². The molecule has 8 nitrogen and oxygen atoms in total. The van der Waals surface area contributed by atoms with Crippen molar-refractivity contribution in [1.29, 1.82) is 0 Å². The zero-order valence-electron chi connectivity index (χ0n) is 14.4. The van der Waals surface area contributed by atoms with E-state index < -0.39 is 0 Å². The van der Waals surface area contributed by atoms with Gasteiger partial charge in [-0.15, -0.1) is 0 Å². The molecule has 0 spiro atoms. The summed E-state index contributed by atoms with van der Waals surface area (Å²) in [6.07, 6.45) is 2.23. The highest BCUT2D eigenvalue weighted by Crippen LogP contribution is 2.18. The first-order chi connectivity index (χ1) is 12.6. The summed E-state index contributed by atoms with van der Waals surface area (Å²) >= 11 is 5.81. The quantitative estimate of drug-likeness (QED) is 0.787. The van der Waals surface area contributed by atoms with E-state index in [1.54, 1.807) is 24.3 Å². The fourth-order valence-electron chi connectivity index (χ4n) is 2.52. The SMILES string of the molecule is COc1nc(CNC(=O)COc2ccc(Cl)cc2)nc(N2CCCC2)n1. The molecule has 2 heterocycles. The third-order valence-corrected chi connectivity index (χ3v) is 4.10. The molecule has 3 rings (SSSR count). The molecule has 26 heavy (non-hydrogen) atoms. The molecule has 0 radical (unpaired) electrons. The van der Waals surface area contributed by atoms with Crippen LogP contribution in [0.2, 0.25) is 5.02 Å². The number of anilines is 1. The van der Waals surface area contributed by atoms with Gasteiger partial charge in [0.2, 0.25) is 5.95 Å². The first-order valence-corrected chi connectivity index (χ1v) is 8.71. The van der Waals surface area contributed by atoms with Crippen LogP contribution in [-0.2, 0) is 11.3 Å². The maximum atomic E-state index is 12.0. The van der Waals surface area contributed by atoms with Crippen molar-refractivity contribution < 1.29 is 14.3 Å². The minimum atomic E-state index is -0.276. The Labute approximate surface area is 156 Å². The van der Waals surface area contributed by atoms with Gasteiger partial charge in [-0.1, -0.05) is 11.6 Å². The third kappa shape index (κ3) is 4.95. The molecular weight excluding hydrogens is 358 g/mol. The molecular formula is C17H20ClN5O3. The van der Waals surface area contributed by atoms with Crippen LogP contribution in [0.25, 0.3) is 0 Å². The lowest BCUT2D eigenvalue weighted by Gasteiger charge is -2.16. The maximum Gasteiger partial charge on any atom is 0.321 e. The normalized spacial score (nSPS) is 13.5. The largest absolute Gasteiger partial charge is 0.484 e. The fraction of sp³-hybridized carbons (Fsp3) is 0.412. The number of nitrogens with zero attached hydrogens (tertiary/aromatic N) is 4. The number of carbonyl (C=O) groups excluding carboxylic acids is 1. The molecule has 1 aromatic heterocycles. The molecule has 0 saturated carbocycles. The second kappa shape index (κ2) is 8.66. The molecule has 0 atom stereocenters. The van der Waals surface area contributed by atoms with E-state index >= 15 is 0 Å². The van der Waals surface area contributed by atoms with E-state index in [2.05, 4.69) is 25.2 Å². The molecule has 1 N–H and O–H groups in total. The lowest BCUT2D eigenvalue weighted by atomic mass is 10.3. The molecule has 0 unspecified atom stereocenters. The first kappa shape index (κ1) is 18.2. The van der Waals surface area contributed by atoms with Gasteiger partial charge in [-0.2, -0.15) is 15.0 Å². The van der Waals surface area contributed by atoms with Gasteiger partial charge in [-0.25, -0.2) is 0 Å². The van der Waals surface area contributed by atoms with E-state index in [-0.39, 0.29) is 25.1 Å². The van der Waals surface area contributed by atoms with E-state index in [1.807, 2.05) is 0 Å². The standard InChI is InChI=1S/C17H20ClN5O3/c1-25-17-21-14(20-16(22-17)23-8-2-3-9-23)10-19-15(24)11-26-13-6-4-12(18)5-7-13/h4-7H,2-3,8-11H2,1H3,(H,19,24). The van der Waals surface area contributed by atoms with Crippen molar-refractivity contribution in [1.82, 2.24) is 20.3 Å². The number of benzene rings is 1. The highest BCUT2D eigenvalue weighted by Gasteiger charge is 2.18. The Morgan fingerprint density at radius 2 is 1.92 bits per heavy atom. The molecule has 0 bridgehead atoms. The van der Waals surface area contributed by atoms with E-state index in [0.29, 0.717) is 22.5 Å². The van der Waals surface area contributed by atoms with Crippen LogP contribution in [0.1, 0.15) is 18.7 Å². The summed E-state index contributed by atoms with van der Waals surface area (Å²) < 4.78 is 10.5. The Morgan fingerprint density at radius 3 is 2.62 bits per heavy atom. The van der Waals surface area contributed by atoms with Gasteiger partial charge in [0.15, 0.2) is 12.4 Å². The molecule has 1 amide bonds. The highest BCUT2D eigenvalue weighted by atomic mass is 35.5. The number of aromatic nitrogens is 3. The molecule has 2 aromatic rings. The zero-order chi connectivity index (χ0) is 18.4. The molecule has 138 valence electrons. The van der Waals surface area contributed by atoms with Crippen molar-refractivity contribution in [2.24, 2.45) is 0 Å². The fourth-order valence-corrected chi connectivity index (χ4v) is 2.65. The molecule has 1 aromatic carbocycles. The minimum Gasteiger partial charge on any atom is -0.484 e. The third-order valence-electron chi connectivity index (χ3n) is 3.85. The van der Waals surface area contributed by atoms with Crippen LogP contribution in [0.15, 0.2) is 24.3 Å². The number of hydrogen-bond donors (Lipinski definition) is 1. The Hall–Kier alpha value is -2.61. The van der Waals surface area contributed by atoms with Gasteiger partial charge in [0.05, 0.1) is 13.7 Å². The van der Waals surface area contributed by atoms with E-state index in [9.17, 15) is 4.79 Å². The Balaban J connectivity index is 1.55. The highest BCUT2D eigenvalue weighted by molar-refractivity contribution is 6.30. The van der Waals surface area contributed by atoms with Crippen LogP contribution in [-0.4, -0.2) is 47.7 Å². The minimum absolute atomic E-state index is 0.108. The molecule has 0 aliphatic carbocycles. The van der Waals surface area contributed by atoms with Crippen molar-refractivity contribution in [3.8, 4) is 11.8 Å². The van der Waals surface area contributed by atoms with Gasteiger partial charge in [-0.3, -0.25) is 4.79 Å². The molecule has 1 aliphatic rings. The summed E-state index contributed by atoms with van der Waals surface area (Å²) in [5.41, 5.74) is 0. The Morgan fingerprint density at radius 1 is 1.19 bits per heavy atom. The van der Waals surface area contributed by atoms with Crippen molar-refractivity contribution in [3.63, 3.8) is 0 Å². The van der Waals surface area contributed by atoms with Crippen LogP contribution in [0.4, 0.5) is 5.95 Å². The second-order valence-electron chi connectivity index (χ2n) is 5.75. The van der Waals surface area contributed by atoms with Gasteiger partial charge in [0, 0.05) is 18.1 Å². The summed E-state index contributed by atoms with van der Waals surface area (Å²) in [6, 6.07) is 7.05. The number of nitrogens with one attached hydrogen (secondary N) is 1. The topological polar surface area (TPSA) is 89.5 Å². The van der Waals surface area contributed by atoms with Gasteiger partial charge in [0.25, 0.3) is 5.91 Å². The van der Waals surface area contributed by atoms with Crippen molar-refractivity contribution >= 4 is 23.5 Å². The van der Waals surface area contributed by atoms with Crippen LogP contribution in [0.3, 0.4) is 0 Å². The molecule has 1 saturated heterocycles. The van der Waals surface area contributed by atoms with E-state index in [0.717, 1.165) is 25.9 Å². The van der Waals surface area contributed by atoms with Crippen LogP contribution in [0, 0.1) is 0 Å². The van der Waals surface area contributed by atoms with Crippen LogP contribution in [0.5, 0.6) is 11.8 Å². The number of methoxy groups -OCH3 is 1. The summed E-state index contributed by atoms with van der Waals surface area (Å²) in [4.78, 5) is 26.9. The number of hydrogen-bond acceptors (Lipinski definition) is 7. The number of halogens is 1. The number of rotatable bonds is 7. The maximum absolute atomic E-state index is 12.0. The van der Waals surface area contributed by atoms with Crippen molar-refractivity contribution in [2.75, 3.05) is 31.7 Å². The monoisotopic (exact) mass is 377 g/mol. The first-order valence-electron chi connectivity index (χ1n) is 8.33. The number of amides is 1. The Kier molecular flexibility index (Phi) is 6.06. The van der Waals surface area contributed by atoms with Gasteiger partial charge < -0.3 is 19.7 Å².